The lowest BCUT2D eigenvalue weighted by Crippen LogP contribution is -2.62. The summed E-state index contributed by atoms with van der Waals surface area (Å²) in [6, 6.07) is -3.43. The lowest BCUT2D eigenvalue weighted by molar-refractivity contribution is -0.145. The maximum absolute atomic E-state index is 15.0. The highest BCUT2D eigenvalue weighted by atomic mass is 16.6. The molecule has 1 heterocycles. The Kier molecular flexibility index (Phi) is 11.4. The van der Waals surface area contributed by atoms with E-state index in [1.807, 2.05) is 27.7 Å². The Bertz CT molecular complexity index is 1370. The minimum atomic E-state index is -1.41. The molecule has 1 saturated heterocycles. The van der Waals surface area contributed by atoms with Gasteiger partial charge >= 0.3 is 6.09 Å². The molecule has 52 heavy (non-hydrogen) atoms. The minimum Gasteiger partial charge on any atom is -0.444 e. The average Bonchev–Trinajstić information content (AvgIpc) is 3.85. The van der Waals surface area contributed by atoms with Crippen LogP contribution < -0.4 is 21.3 Å². The van der Waals surface area contributed by atoms with Crippen molar-refractivity contribution in [3.63, 3.8) is 0 Å². The number of nitrogens with zero attached hydrogens (tertiary/aromatic N) is 1. The SMILES string of the molecule is CCCC(NC(=O)[C@@H]1CC2(CN1C(=O)[C@@H](NC(=O)[C@@H](NC(=O)OC(C)(C)C)C1CCCCC1)C(C)(C)C)C(C)(C)C21CCC1)C(O)C(=O)NC1CC1. The highest BCUT2D eigenvalue weighted by Crippen LogP contribution is 2.88. The minimum absolute atomic E-state index is 0.0456. The van der Waals surface area contributed by atoms with Gasteiger partial charge in [-0.25, -0.2) is 4.79 Å². The van der Waals surface area contributed by atoms with Gasteiger partial charge in [0.25, 0.3) is 5.91 Å². The lowest BCUT2D eigenvalue weighted by Gasteiger charge is -2.38. The largest absolute Gasteiger partial charge is 0.444 e. The van der Waals surface area contributed by atoms with E-state index in [1.165, 1.54) is 0 Å². The Balaban J connectivity index is 1.41. The molecule has 4 aliphatic carbocycles. The van der Waals surface area contributed by atoms with Crippen molar-refractivity contribution < 1.29 is 33.8 Å². The summed E-state index contributed by atoms with van der Waals surface area (Å²) in [5.74, 6) is -1.75. The van der Waals surface area contributed by atoms with Crippen molar-refractivity contribution in [2.75, 3.05) is 6.54 Å². The molecule has 5 N–H and O–H groups in total. The smallest absolute Gasteiger partial charge is 0.408 e. The Morgan fingerprint density at radius 3 is 1.98 bits per heavy atom. The summed E-state index contributed by atoms with van der Waals surface area (Å²) in [5, 5.41) is 22.8. The second-order valence-corrected chi connectivity index (χ2v) is 19.3. The van der Waals surface area contributed by atoms with Crippen LogP contribution in [0.5, 0.6) is 0 Å². The quantitative estimate of drug-likeness (QED) is 0.194. The molecule has 6 atom stereocenters. The number of alkyl carbamates (subject to hydrolysis) is 1. The third-order valence-corrected chi connectivity index (χ3v) is 13.4. The Hall–Kier alpha value is -2.89. The fourth-order valence-electron chi connectivity index (χ4n) is 10.0. The monoisotopic (exact) mass is 730 g/mol. The number of hydrogen-bond acceptors (Lipinski definition) is 7. The van der Waals surface area contributed by atoms with Crippen LogP contribution in [0.1, 0.15) is 146 Å². The van der Waals surface area contributed by atoms with Gasteiger partial charge in [0.1, 0.15) is 23.7 Å². The van der Waals surface area contributed by atoms with Gasteiger partial charge in [-0.15, -0.1) is 0 Å². The van der Waals surface area contributed by atoms with Crippen molar-refractivity contribution in [3.05, 3.63) is 0 Å². The molecule has 12 nitrogen and oxygen atoms in total. The van der Waals surface area contributed by atoms with Crippen molar-refractivity contribution in [1.29, 1.82) is 0 Å². The van der Waals surface area contributed by atoms with Crippen LogP contribution in [-0.4, -0.2) is 88.2 Å². The molecule has 5 rings (SSSR count). The molecular weight excluding hydrogens is 662 g/mol. The van der Waals surface area contributed by atoms with Crippen LogP contribution in [0.15, 0.2) is 0 Å². The molecule has 2 spiro atoms. The van der Waals surface area contributed by atoms with Crippen molar-refractivity contribution in [2.24, 2.45) is 27.6 Å². The van der Waals surface area contributed by atoms with Crippen molar-refractivity contribution in [1.82, 2.24) is 26.2 Å². The van der Waals surface area contributed by atoms with E-state index >= 15 is 0 Å². The summed E-state index contributed by atoms with van der Waals surface area (Å²) in [7, 11) is 0. The zero-order chi connectivity index (χ0) is 38.4. The number of nitrogens with one attached hydrogen (secondary N) is 4. The predicted molar refractivity (Wildman–Crippen MR) is 198 cm³/mol. The van der Waals surface area contributed by atoms with Gasteiger partial charge in [-0.3, -0.25) is 19.2 Å². The molecule has 294 valence electrons. The second-order valence-electron chi connectivity index (χ2n) is 19.3. The van der Waals surface area contributed by atoms with Crippen LogP contribution in [0.2, 0.25) is 0 Å². The Morgan fingerprint density at radius 1 is 0.846 bits per heavy atom. The molecule has 1 aliphatic heterocycles. The van der Waals surface area contributed by atoms with Crippen LogP contribution in [0.3, 0.4) is 0 Å². The van der Waals surface area contributed by atoms with E-state index in [9.17, 15) is 29.1 Å². The van der Waals surface area contributed by atoms with Crippen LogP contribution in [-0.2, 0) is 23.9 Å². The number of aliphatic hydroxyl groups excluding tert-OH is 1. The Morgan fingerprint density at radius 2 is 1.48 bits per heavy atom. The zero-order valence-electron chi connectivity index (χ0n) is 33.3. The van der Waals surface area contributed by atoms with Crippen LogP contribution in [0.4, 0.5) is 4.79 Å². The normalized spacial score (nSPS) is 27.5. The molecule has 0 aromatic rings. The summed E-state index contributed by atoms with van der Waals surface area (Å²) < 4.78 is 5.55. The number of ether oxygens (including phenoxy) is 1. The zero-order valence-corrected chi connectivity index (χ0v) is 33.3. The molecule has 3 unspecified atom stereocenters. The van der Waals surface area contributed by atoms with E-state index in [0.717, 1.165) is 64.2 Å². The Labute approximate surface area is 311 Å². The maximum atomic E-state index is 15.0. The molecular formula is C40H67N5O7. The second kappa shape index (κ2) is 14.7. The number of likely N-dealkylation sites (tertiary alicyclic amines) is 1. The van der Waals surface area contributed by atoms with Crippen molar-refractivity contribution in [2.45, 2.75) is 188 Å². The van der Waals surface area contributed by atoms with Crippen LogP contribution in [0, 0.1) is 27.6 Å². The number of rotatable bonds is 12. The van der Waals surface area contributed by atoms with Crippen molar-refractivity contribution >= 4 is 29.7 Å². The number of amides is 5. The first-order valence-electron chi connectivity index (χ1n) is 20.1. The van der Waals surface area contributed by atoms with Gasteiger partial charge in [0.15, 0.2) is 6.10 Å². The number of hydrogen-bond donors (Lipinski definition) is 5. The summed E-state index contributed by atoms with van der Waals surface area (Å²) in [5.41, 5.74) is -1.77. The van der Waals surface area contributed by atoms with Gasteiger partial charge in [0.2, 0.25) is 17.7 Å². The highest BCUT2D eigenvalue weighted by molar-refractivity contribution is 5.95. The van der Waals surface area contributed by atoms with Gasteiger partial charge in [-0.05, 0) is 94.3 Å². The standard InChI is InChI=1S/C40H67N5O7/c1-10-15-26(29(46)33(49)41-25-18-19-25)42-31(47)27-22-40(38(8,9)39(40)20-14-21-39)23-45(27)34(50)30(36(2,3)4)44-32(48)28(24-16-12-11-13-17-24)43-35(51)52-37(5,6)7/h24-30,46H,10-23H2,1-9H3,(H,41,49)(H,42,47)(H,43,51)(H,44,48)/t26?,27-,28-,29?,30+,40?/m0/s1. The first-order valence-corrected chi connectivity index (χ1v) is 20.1. The molecule has 5 amide bonds. The lowest BCUT2D eigenvalue weighted by atomic mass is 9.73. The molecule has 4 saturated carbocycles. The van der Waals surface area contributed by atoms with E-state index in [0.29, 0.717) is 25.8 Å². The van der Waals surface area contributed by atoms with Crippen LogP contribution in [0.25, 0.3) is 0 Å². The molecule has 0 radical (unpaired) electrons. The van der Waals surface area contributed by atoms with Gasteiger partial charge < -0.3 is 36.0 Å². The predicted octanol–water partition coefficient (Wildman–Crippen LogP) is 4.71. The number of fused-ring (bicyclic) bond motifs is 1. The molecule has 12 heteroatoms. The average molecular weight is 730 g/mol. The molecule has 0 aromatic heterocycles. The molecule has 0 aromatic carbocycles. The molecule has 5 fully saturated rings. The number of carbonyl (C=O) groups excluding carboxylic acids is 5. The van der Waals surface area contributed by atoms with E-state index in [2.05, 4.69) is 35.1 Å². The highest BCUT2D eigenvalue weighted by Gasteiger charge is 2.85. The third-order valence-electron chi connectivity index (χ3n) is 13.4. The number of aliphatic hydroxyl groups is 1. The van der Waals surface area contributed by atoms with E-state index < -0.39 is 59.2 Å². The van der Waals surface area contributed by atoms with E-state index in [-0.39, 0.29) is 40.0 Å². The van der Waals surface area contributed by atoms with Crippen LogP contribution >= 0.6 is 0 Å². The first-order chi connectivity index (χ1) is 24.2. The fourth-order valence-corrected chi connectivity index (χ4v) is 10.0. The van der Waals surface area contributed by atoms with Gasteiger partial charge in [0.05, 0.1) is 6.04 Å². The van der Waals surface area contributed by atoms with Crippen molar-refractivity contribution in [3.8, 4) is 0 Å². The van der Waals surface area contributed by atoms with Gasteiger partial charge in [0, 0.05) is 18.0 Å². The molecule has 0 bridgehead atoms. The fraction of sp³-hybridized carbons (Fsp3) is 0.875. The summed E-state index contributed by atoms with van der Waals surface area (Å²) in [6.45, 7) is 17.8. The summed E-state index contributed by atoms with van der Waals surface area (Å²) >= 11 is 0. The molecule has 5 aliphatic rings. The summed E-state index contributed by atoms with van der Waals surface area (Å²) in [4.78, 5) is 71.2. The van der Waals surface area contributed by atoms with Gasteiger partial charge in [-0.1, -0.05) is 73.6 Å². The van der Waals surface area contributed by atoms with E-state index in [4.69, 9.17) is 4.74 Å². The first kappa shape index (κ1) is 40.3. The summed E-state index contributed by atoms with van der Waals surface area (Å²) in [6.07, 6.45) is 8.95. The maximum Gasteiger partial charge on any atom is 0.408 e. The third kappa shape index (κ3) is 7.83. The van der Waals surface area contributed by atoms with Gasteiger partial charge in [-0.2, -0.15) is 0 Å². The topological polar surface area (TPSA) is 166 Å². The number of carbonyl (C=O) groups is 5. The van der Waals surface area contributed by atoms with E-state index in [1.54, 1.807) is 25.7 Å².